The summed E-state index contributed by atoms with van der Waals surface area (Å²) in [5, 5.41) is 9.85. The number of methoxy groups -OCH3 is 1. The Balaban J connectivity index is 1.48. The third kappa shape index (κ3) is 6.58. The minimum atomic E-state index is -0.241. The van der Waals surface area contributed by atoms with Gasteiger partial charge in [0, 0.05) is 63.3 Å². The number of carbonyl (C=O) groups is 2. The van der Waals surface area contributed by atoms with E-state index in [9.17, 15) is 9.59 Å². The van der Waals surface area contributed by atoms with Gasteiger partial charge in [-0.3, -0.25) is 9.59 Å². The highest BCUT2D eigenvalue weighted by atomic mass is 35.5. The predicted molar refractivity (Wildman–Crippen MR) is 144 cm³/mol. The Hall–Kier alpha value is -2.86. The van der Waals surface area contributed by atoms with Gasteiger partial charge in [-0.05, 0) is 43.0 Å². The molecule has 2 aromatic rings. The molecule has 38 heavy (non-hydrogen) atoms. The summed E-state index contributed by atoms with van der Waals surface area (Å²) in [6.07, 6.45) is 2.97. The van der Waals surface area contributed by atoms with Crippen LogP contribution in [0.1, 0.15) is 36.8 Å². The van der Waals surface area contributed by atoms with Gasteiger partial charge in [0.2, 0.25) is 17.7 Å². The fourth-order valence-electron chi connectivity index (χ4n) is 5.38. The van der Waals surface area contributed by atoms with Crippen molar-refractivity contribution in [1.82, 2.24) is 14.8 Å². The summed E-state index contributed by atoms with van der Waals surface area (Å²) in [6.45, 7) is 4.25. The molecule has 2 amide bonds. The van der Waals surface area contributed by atoms with E-state index in [2.05, 4.69) is 11.1 Å². The topological polar surface area (TPSA) is 95.8 Å². The van der Waals surface area contributed by atoms with E-state index in [0.717, 1.165) is 11.1 Å². The van der Waals surface area contributed by atoms with Crippen molar-refractivity contribution in [3.63, 3.8) is 0 Å². The highest BCUT2D eigenvalue weighted by Crippen LogP contribution is 2.39. The Morgan fingerprint density at radius 3 is 2.53 bits per heavy atom. The Morgan fingerprint density at radius 2 is 1.89 bits per heavy atom. The average Bonchev–Trinajstić information content (AvgIpc) is 3.37. The zero-order chi connectivity index (χ0) is 27.2. The Bertz CT molecular complexity index is 1180. The number of pyridine rings is 1. The second-order valence-electron chi connectivity index (χ2n) is 9.94. The van der Waals surface area contributed by atoms with Gasteiger partial charge >= 0.3 is 0 Å². The van der Waals surface area contributed by atoms with E-state index in [1.165, 1.54) is 7.11 Å². The number of carbonyl (C=O) groups excluding carboxylic acids is 2. The molecule has 0 saturated carbocycles. The predicted octanol–water partition coefficient (Wildman–Crippen LogP) is 4.35. The number of nitrogens with zero attached hydrogens (tertiary/aromatic N) is 4. The first-order valence-electron chi connectivity index (χ1n) is 12.8. The normalized spacial score (nSPS) is 20.7. The molecular formula is C28H32Cl2N4O4. The van der Waals surface area contributed by atoms with Crippen LogP contribution >= 0.6 is 23.2 Å². The van der Waals surface area contributed by atoms with Gasteiger partial charge in [0.05, 0.1) is 22.5 Å². The van der Waals surface area contributed by atoms with Crippen LogP contribution in [-0.2, 0) is 20.7 Å². The van der Waals surface area contributed by atoms with Crippen LogP contribution in [0.3, 0.4) is 0 Å². The van der Waals surface area contributed by atoms with E-state index < -0.39 is 0 Å². The molecule has 4 rings (SSSR count). The van der Waals surface area contributed by atoms with E-state index in [0.29, 0.717) is 61.4 Å². The van der Waals surface area contributed by atoms with Crippen molar-refractivity contribution in [1.29, 1.82) is 5.26 Å². The Kier molecular flexibility index (Phi) is 9.48. The van der Waals surface area contributed by atoms with Gasteiger partial charge < -0.3 is 19.3 Å². The van der Waals surface area contributed by atoms with Crippen LogP contribution < -0.4 is 4.74 Å². The first-order chi connectivity index (χ1) is 18.3. The summed E-state index contributed by atoms with van der Waals surface area (Å²) in [5.41, 5.74) is 1.83. The van der Waals surface area contributed by atoms with Crippen LogP contribution in [0, 0.1) is 23.2 Å². The fraction of sp³-hybridized carbons (Fsp3) is 0.500. The maximum absolute atomic E-state index is 13.6. The molecule has 0 spiro atoms. The van der Waals surface area contributed by atoms with E-state index >= 15 is 0 Å². The number of piperidine rings is 1. The van der Waals surface area contributed by atoms with Crippen LogP contribution in [-0.4, -0.2) is 72.6 Å². The molecule has 2 fully saturated rings. The van der Waals surface area contributed by atoms with Gasteiger partial charge in [0.1, 0.15) is 12.7 Å². The van der Waals surface area contributed by atoms with Gasteiger partial charge in [0.15, 0.2) is 0 Å². The molecule has 8 nitrogen and oxygen atoms in total. The molecular weight excluding hydrogens is 527 g/mol. The molecule has 0 radical (unpaired) electrons. The number of ether oxygens (including phenoxy) is 2. The number of rotatable bonds is 8. The van der Waals surface area contributed by atoms with Crippen LogP contribution in [0.25, 0.3) is 0 Å². The van der Waals surface area contributed by atoms with Crippen molar-refractivity contribution < 1.29 is 19.1 Å². The SMILES string of the molecule is COCC(=O)N1CCC(C(=O)N2C[C@H]([C@@H](C)Oc3ccc(CC#N)cn3)[C@@H](c3ccc(Cl)c(Cl)c3)C2)CC1. The largest absolute Gasteiger partial charge is 0.474 e. The zero-order valence-corrected chi connectivity index (χ0v) is 23.1. The molecule has 2 aliphatic heterocycles. The molecule has 202 valence electrons. The summed E-state index contributed by atoms with van der Waals surface area (Å²) >= 11 is 12.5. The molecule has 1 aromatic carbocycles. The first-order valence-corrected chi connectivity index (χ1v) is 13.5. The second kappa shape index (κ2) is 12.8. The third-order valence-corrected chi connectivity index (χ3v) is 8.24. The number of amides is 2. The number of nitriles is 1. The third-order valence-electron chi connectivity index (χ3n) is 7.50. The Labute approximate surface area is 233 Å². The molecule has 2 saturated heterocycles. The summed E-state index contributed by atoms with van der Waals surface area (Å²) in [6, 6.07) is 11.3. The summed E-state index contributed by atoms with van der Waals surface area (Å²) in [5.74, 6) is 0.428. The minimum Gasteiger partial charge on any atom is -0.474 e. The van der Waals surface area contributed by atoms with Crippen LogP contribution in [0.4, 0.5) is 0 Å². The lowest BCUT2D eigenvalue weighted by Crippen LogP contribution is -2.45. The van der Waals surface area contributed by atoms with Gasteiger partial charge in [0.25, 0.3) is 0 Å². The highest BCUT2D eigenvalue weighted by molar-refractivity contribution is 6.42. The average molecular weight is 559 g/mol. The van der Waals surface area contributed by atoms with Crippen molar-refractivity contribution in [2.45, 2.75) is 38.2 Å². The van der Waals surface area contributed by atoms with Crippen molar-refractivity contribution in [2.75, 3.05) is 39.9 Å². The van der Waals surface area contributed by atoms with Gasteiger partial charge in [-0.15, -0.1) is 0 Å². The molecule has 0 unspecified atom stereocenters. The van der Waals surface area contributed by atoms with Crippen molar-refractivity contribution >= 4 is 35.0 Å². The number of hydrogen-bond donors (Lipinski definition) is 0. The number of likely N-dealkylation sites (tertiary alicyclic amines) is 2. The quantitative estimate of drug-likeness (QED) is 0.478. The van der Waals surface area contributed by atoms with E-state index in [-0.39, 0.29) is 42.3 Å². The number of hydrogen-bond acceptors (Lipinski definition) is 6. The molecule has 0 bridgehead atoms. The molecule has 1 aromatic heterocycles. The molecule has 0 N–H and O–H groups in total. The Morgan fingerprint density at radius 1 is 1.13 bits per heavy atom. The standard InChI is InChI=1S/C28H32Cl2N4O4/c1-18(38-26-6-3-19(7-10-31)14-32-26)22-15-34(16-23(22)21-4-5-24(29)25(30)13-21)28(36)20-8-11-33(12-9-20)27(35)17-37-2/h3-6,13-14,18,20,22-23H,7-9,11-12,15-17H2,1-2H3/t18-,22-,23-/m1/s1. The maximum atomic E-state index is 13.6. The summed E-state index contributed by atoms with van der Waals surface area (Å²) < 4.78 is 11.2. The monoisotopic (exact) mass is 558 g/mol. The van der Waals surface area contributed by atoms with E-state index in [4.69, 9.17) is 37.9 Å². The van der Waals surface area contributed by atoms with Crippen LogP contribution in [0.5, 0.6) is 5.88 Å². The van der Waals surface area contributed by atoms with Crippen molar-refractivity contribution in [2.24, 2.45) is 11.8 Å². The van der Waals surface area contributed by atoms with Crippen LogP contribution in [0.2, 0.25) is 10.0 Å². The van der Waals surface area contributed by atoms with Gasteiger partial charge in [-0.2, -0.15) is 5.26 Å². The fourth-order valence-corrected chi connectivity index (χ4v) is 5.69. The molecule has 0 aliphatic carbocycles. The van der Waals surface area contributed by atoms with E-state index in [1.54, 1.807) is 23.2 Å². The first kappa shape index (κ1) is 28.2. The molecule has 3 atom stereocenters. The van der Waals surface area contributed by atoms with E-state index in [1.807, 2.05) is 30.0 Å². The number of aromatic nitrogens is 1. The lowest BCUT2D eigenvalue weighted by molar-refractivity contribution is -0.142. The summed E-state index contributed by atoms with van der Waals surface area (Å²) in [7, 11) is 1.51. The molecule has 2 aliphatic rings. The maximum Gasteiger partial charge on any atom is 0.248 e. The van der Waals surface area contributed by atoms with Crippen molar-refractivity contribution in [3.05, 3.63) is 57.7 Å². The zero-order valence-electron chi connectivity index (χ0n) is 21.6. The van der Waals surface area contributed by atoms with Crippen molar-refractivity contribution in [3.8, 4) is 11.9 Å². The summed E-state index contributed by atoms with van der Waals surface area (Å²) in [4.78, 5) is 33.8. The molecule has 3 heterocycles. The second-order valence-corrected chi connectivity index (χ2v) is 10.8. The highest BCUT2D eigenvalue weighted by Gasteiger charge is 2.42. The lowest BCUT2D eigenvalue weighted by Gasteiger charge is -2.33. The molecule has 10 heteroatoms. The van der Waals surface area contributed by atoms with Crippen LogP contribution in [0.15, 0.2) is 36.5 Å². The smallest absolute Gasteiger partial charge is 0.248 e. The lowest BCUT2D eigenvalue weighted by atomic mass is 9.86. The number of benzene rings is 1. The van der Waals surface area contributed by atoms with Gasteiger partial charge in [-0.25, -0.2) is 4.98 Å². The van der Waals surface area contributed by atoms with Gasteiger partial charge in [-0.1, -0.05) is 35.3 Å². The number of halogens is 2. The minimum absolute atomic E-state index is 0.000136.